The Kier molecular flexibility index (Phi) is 5.32. The van der Waals surface area contributed by atoms with Gasteiger partial charge in [-0.05, 0) is 24.3 Å². The van der Waals surface area contributed by atoms with E-state index in [1.54, 1.807) is 10.5 Å². The van der Waals surface area contributed by atoms with Crippen LogP contribution in [0.1, 0.15) is 16.1 Å². The van der Waals surface area contributed by atoms with Crippen molar-refractivity contribution in [3.63, 3.8) is 0 Å². The first-order valence-corrected chi connectivity index (χ1v) is 9.51. The van der Waals surface area contributed by atoms with Crippen LogP contribution in [-0.4, -0.2) is 32.3 Å². The van der Waals surface area contributed by atoms with Gasteiger partial charge < -0.3 is 4.90 Å². The summed E-state index contributed by atoms with van der Waals surface area (Å²) in [6.45, 7) is 0. The summed E-state index contributed by atoms with van der Waals surface area (Å²) >= 11 is 11.9. The zero-order valence-corrected chi connectivity index (χ0v) is 17.2. The standard InChI is InChI=1S/C20H12Cl2F3N5O/c1-29(14-6-7-16(21)28-18(14)22)19(31)13-10-30-15(8-27-17(30)9-26-13)11-2-4-12(5-3-11)20(23,24)25/h2-10H,1H3. The largest absolute Gasteiger partial charge is 0.416 e. The number of fused-ring (bicyclic) bond motifs is 1. The summed E-state index contributed by atoms with van der Waals surface area (Å²) < 4.78 is 40.1. The van der Waals surface area contributed by atoms with E-state index in [9.17, 15) is 18.0 Å². The number of carbonyl (C=O) groups is 1. The van der Waals surface area contributed by atoms with E-state index in [4.69, 9.17) is 23.2 Å². The quantitative estimate of drug-likeness (QED) is 0.380. The summed E-state index contributed by atoms with van der Waals surface area (Å²) in [5.74, 6) is -0.472. The monoisotopic (exact) mass is 465 g/mol. The molecular formula is C20H12Cl2F3N5O. The zero-order valence-electron chi connectivity index (χ0n) is 15.7. The fourth-order valence-electron chi connectivity index (χ4n) is 2.98. The smallest absolute Gasteiger partial charge is 0.307 e. The lowest BCUT2D eigenvalue weighted by Crippen LogP contribution is -2.27. The summed E-state index contributed by atoms with van der Waals surface area (Å²) in [6, 6.07) is 7.73. The molecule has 0 fully saturated rings. The molecule has 0 aliphatic carbocycles. The number of rotatable bonds is 3. The highest BCUT2D eigenvalue weighted by atomic mass is 35.5. The van der Waals surface area contributed by atoms with Crippen molar-refractivity contribution in [3.05, 3.63) is 76.6 Å². The van der Waals surface area contributed by atoms with E-state index in [1.165, 1.54) is 48.7 Å². The van der Waals surface area contributed by atoms with Crippen LogP contribution in [0.5, 0.6) is 0 Å². The van der Waals surface area contributed by atoms with Crippen molar-refractivity contribution in [2.24, 2.45) is 0 Å². The minimum Gasteiger partial charge on any atom is -0.307 e. The van der Waals surface area contributed by atoms with Crippen molar-refractivity contribution >= 4 is 40.4 Å². The Hall–Kier alpha value is -3.17. The van der Waals surface area contributed by atoms with Gasteiger partial charge in [-0.2, -0.15) is 13.2 Å². The van der Waals surface area contributed by atoms with Gasteiger partial charge in [0.05, 0.1) is 29.3 Å². The Morgan fingerprint density at radius 3 is 2.39 bits per heavy atom. The molecule has 11 heteroatoms. The first-order valence-electron chi connectivity index (χ1n) is 8.76. The number of hydrogen-bond acceptors (Lipinski definition) is 4. The van der Waals surface area contributed by atoms with E-state index in [1.807, 2.05) is 0 Å². The van der Waals surface area contributed by atoms with Gasteiger partial charge in [-0.1, -0.05) is 35.3 Å². The third-order valence-electron chi connectivity index (χ3n) is 4.58. The molecular weight excluding hydrogens is 454 g/mol. The van der Waals surface area contributed by atoms with Crippen LogP contribution in [0.4, 0.5) is 18.9 Å². The number of benzene rings is 1. The van der Waals surface area contributed by atoms with E-state index in [-0.39, 0.29) is 16.0 Å². The number of alkyl halides is 3. The van der Waals surface area contributed by atoms with Gasteiger partial charge in [0.1, 0.15) is 10.8 Å². The molecule has 6 nitrogen and oxygen atoms in total. The maximum absolute atomic E-state index is 12.9. The first kappa shape index (κ1) is 21.1. The molecule has 0 radical (unpaired) electrons. The topological polar surface area (TPSA) is 63.4 Å². The Morgan fingerprint density at radius 1 is 1.03 bits per heavy atom. The highest BCUT2D eigenvalue weighted by molar-refractivity contribution is 6.34. The molecule has 0 aliphatic rings. The Morgan fingerprint density at radius 2 is 1.74 bits per heavy atom. The maximum atomic E-state index is 12.9. The summed E-state index contributed by atoms with van der Waals surface area (Å²) in [6.07, 6.45) is -0.0662. The molecule has 3 heterocycles. The number of anilines is 1. The molecule has 0 bridgehead atoms. The Labute approximate surface area is 183 Å². The predicted octanol–water partition coefficient (Wildman–Crippen LogP) is 5.39. The van der Waals surface area contributed by atoms with Crippen LogP contribution >= 0.6 is 23.2 Å². The van der Waals surface area contributed by atoms with Crippen molar-refractivity contribution < 1.29 is 18.0 Å². The molecule has 0 saturated carbocycles. The number of carbonyl (C=O) groups excluding carboxylic acids is 1. The second-order valence-corrected chi connectivity index (χ2v) is 7.27. The molecule has 1 aromatic carbocycles. The average molecular weight is 466 g/mol. The van der Waals surface area contributed by atoms with Crippen molar-refractivity contribution in [3.8, 4) is 11.3 Å². The summed E-state index contributed by atoms with van der Waals surface area (Å²) in [5.41, 5.74) is 1.11. The molecule has 0 atom stereocenters. The molecule has 4 rings (SSSR count). The van der Waals surface area contributed by atoms with Crippen LogP contribution in [-0.2, 0) is 6.18 Å². The number of halogens is 5. The molecule has 158 valence electrons. The fraction of sp³-hybridized carbons (Fsp3) is 0.100. The molecule has 0 spiro atoms. The minimum absolute atomic E-state index is 0.0532. The third-order valence-corrected chi connectivity index (χ3v) is 5.07. The molecule has 0 saturated heterocycles. The van der Waals surface area contributed by atoms with Gasteiger partial charge in [-0.15, -0.1) is 0 Å². The van der Waals surface area contributed by atoms with Crippen LogP contribution in [0.15, 0.2) is 55.0 Å². The van der Waals surface area contributed by atoms with Crippen LogP contribution in [0.3, 0.4) is 0 Å². The van der Waals surface area contributed by atoms with E-state index < -0.39 is 17.6 Å². The Balaban J connectivity index is 1.70. The first-order chi connectivity index (χ1) is 14.6. The average Bonchev–Trinajstić information content (AvgIpc) is 3.15. The molecule has 31 heavy (non-hydrogen) atoms. The predicted molar refractivity (Wildman–Crippen MR) is 110 cm³/mol. The second kappa shape index (κ2) is 7.82. The van der Waals surface area contributed by atoms with Gasteiger partial charge in [-0.25, -0.2) is 15.0 Å². The van der Waals surface area contributed by atoms with Crippen LogP contribution in [0, 0.1) is 0 Å². The lowest BCUT2D eigenvalue weighted by molar-refractivity contribution is -0.137. The minimum atomic E-state index is -4.43. The molecule has 0 unspecified atom stereocenters. The molecule has 3 aromatic heterocycles. The second-order valence-electron chi connectivity index (χ2n) is 6.53. The molecule has 1 amide bonds. The normalized spacial score (nSPS) is 11.7. The summed E-state index contributed by atoms with van der Waals surface area (Å²) in [5, 5.41) is 0.242. The van der Waals surface area contributed by atoms with E-state index in [0.717, 1.165) is 12.1 Å². The van der Waals surface area contributed by atoms with Gasteiger partial charge in [0.25, 0.3) is 5.91 Å². The van der Waals surface area contributed by atoms with Crippen LogP contribution in [0.2, 0.25) is 10.3 Å². The summed E-state index contributed by atoms with van der Waals surface area (Å²) in [4.78, 5) is 26.5. The fourth-order valence-corrected chi connectivity index (χ4v) is 3.45. The number of imidazole rings is 1. The zero-order chi connectivity index (χ0) is 22.3. The van der Waals surface area contributed by atoms with Crippen molar-refractivity contribution in [2.75, 3.05) is 11.9 Å². The van der Waals surface area contributed by atoms with Gasteiger partial charge in [0, 0.05) is 18.8 Å². The lowest BCUT2D eigenvalue weighted by Gasteiger charge is -2.18. The highest BCUT2D eigenvalue weighted by Crippen LogP contribution is 2.31. The number of nitrogens with zero attached hydrogens (tertiary/aromatic N) is 5. The van der Waals surface area contributed by atoms with Crippen LogP contribution < -0.4 is 4.90 Å². The molecule has 4 aromatic rings. The highest BCUT2D eigenvalue weighted by Gasteiger charge is 2.30. The number of hydrogen-bond donors (Lipinski definition) is 0. The SMILES string of the molecule is CN(C(=O)c1cn2c(-c3ccc(C(F)(F)F)cc3)cnc2cn1)c1ccc(Cl)nc1Cl. The lowest BCUT2D eigenvalue weighted by atomic mass is 10.1. The number of aromatic nitrogens is 4. The number of amides is 1. The van der Waals surface area contributed by atoms with Gasteiger partial charge in [0.15, 0.2) is 10.8 Å². The molecule has 0 N–H and O–H groups in total. The van der Waals surface area contributed by atoms with Crippen molar-refractivity contribution in [2.45, 2.75) is 6.18 Å². The van der Waals surface area contributed by atoms with Crippen molar-refractivity contribution in [1.82, 2.24) is 19.4 Å². The van der Waals surface area contributed by atoms with E-state index in [0.29, 0.717) is 22.6 Å². The third kappa shape index (κ3) is 4.06. The molecule has 0 aliphatic heterocycles. The van der Waals surface area contributed by atoms with E-state index >= 15 is 0 Å². The van der Waals surface area contributed by atoms with Crippen LogP contribution in [0.25, 0.3) is 16.9 Å². The van der Waals surface area contributed by atoms with Gasteiger partial charge in [-0.3, -0.25) is 9.20 Å². The van der Waals surface area contributed by atoms with Crippen molar-refractivity contribution in [1.29, 1.82) is 0 Å². The van der Waals surface area contributed by atoms with E-state index in [2.05, 4.69) is 15.0 Å². The number of pyridine rings is 1. The van der Waals surface area contributed by atoms with Gasteiger partial charge in [0.2, 0.25) is 0 Å². The van der Waals surface area contributed by atoms with Gasteiger partial charge >= 0.3 is 6.18 Å². The maximum Gasteiger partial charge on any atom is 0.416 e. The Bertz CT molecular complexity index is 1290. The summed E-state index contributed by atoms with van der Waals surface area (Å²) in [7, 11) is 1.51.